The van der Waals surface area contributed by atoms with Crippen molar-refractivity contribution in [3.8, 4) is 11.5 Å². The zero-order valence-corrected chi connectivity index (χ0v) is 31.8. The van der Waals surface area contributed by atoms with Crippen molar-refractivity contribution in [2.24, 2.45) is 0 Å². The van der Waals surface area contributed by atoms with Crippen LogP contribution in [-0.4, -0.2) is 89.5 Å². The summed E-state index contributed by atoms with van der Waals surface area (Å²) in [6, 6.07) is 19.0. The van der Waals surface area contributed by atoms with Crippen molar-refractivity contribution in [2.75, 3.05) is 33.3 Å². The number of pyridine rings is 1. The number of phenols is 1. The van der Waals surface area contributed by atoms with Gasteiger partial charge in [0.15, 0.2) is 0 Å². The van der Waals surface area contributed by atoms with Gasteiger partial charge in [-0.3, -0.25) is 14.4 Å². The highest BCUT2D eigenvalue weighted by atomic mass is 19.4. The van der Waals surface area contributed by atoms with E-state index in [0.29, 0.717) is 55.8 Å². The number of halogens is 3. The quantitative estimate of drug-likeness (QED) is 0.0858. The maximum atomic E-state index is 12.9. The molecule has 2 heterocycles. The van der Waals surface area contributed by atoms with Gasteiger partial charge in [0.2, 0.25) is 17.4 Å². The third-order valence-corrected chi connectivity index (χ3v) is 9.86. The Morgan fingerprint density at radius 3 is 2.23 bits per heavy atom. The van der Waals surface area contributed by atoms with Crippen LogP contribution in [0, 0.1) is 0 Å². The number of esters is 1. The van der Waals surface area contributed by atoms with Crippen molar-refractivity contribution >= 4 is 28.7 Å². The number of hydrogen-bond donors (Lipinski definition) is 6. The van der Waals surface area contributed by atoms with Gasteiger partial charge in [-0.2, -0.15) is 13.2 Å². The molecular weight excluding hydrogens is 747 g/mol. The van der Waals surface area contributed by atoms with Crippen LogP contribution in [-0.2, 0) is 45.1 Å². The van der Waals surface area contributed by atoms with Gasteiger partial charge in [-0.1, -0.05) is 42.5 Å². The van der Waals surface area contributed by atoms with Crippen LogP contribution in [0.3, 0.4) is 0 Å². The third kappa shape index (κ3) is 12.5. The molecule has 16 heteroatoms. The molecule has 0 saturated carbocycles. The van der Waals surface area contributed by atoms with E-state index in [9.17, 15) is 42.6 Å². The summed E-state index contributed by atoms with van der Waals surface area (Å²) in [5, 5.41) is 30.8. The highest BCUT2D eigenvalue weighted by molar-refractivity contribution is 5.87. The maximum Gasteiger partial charge on any atom is 0.490 e. The third-order valence-electron chi connectivity index (χ3n) is 9.86. The number of hydrogen-bond acceptors (Lipinski definition) is 10. The molecule has 1 fully saturated rings. The molecule has 0 radical (unpaired) electrons. The number of benzene rings is 3. The number of carbonyl (C=O) groups is 3. The first-order chi connectivity index (χ1) is 27.2. The van der Waals surface area contributed by atoms with Gasteiger partial charge in [0.1, 0.15) is 17.6 Å². The number of methoxy groups -OCH3 is 1. The van der Waals surface area contributed by atoms with Crippen LogP contribution < -0.4 is 26.2 Å². The molecule has 4 aromatic rings. The fourth-order valence-electron chi connectivity index (χ4n) is 6.72. The number of piperidine rings is 1. The molecular formula is C41H48F3N5O8. The summed E-state index contributed by atoms with van der Waals surface area (Å²) in [5.41, 5.74) is 3.94. The Bertz CT molecular complexity index is 2070. The molecule has 0 bridgehead atoms. The number of rotatable bonds is 17. The number of nitrogens with zero attached hydrogens (tertiary/aromatic N) is 1. The number of phenolic OH excluding ortho intramolecular Hbond substituents is 1. The number of alkyl halides is 3. The van der Waals surface area contributed by atoms with E-state index in [-0.39, 0.29) is 66.9 Å². The molecule has 6 N–H and O–H groups in total. The fourth-order valence-corrected chi connectivity index (χ4v) is 6.72. The smallest absolute Gasteiger partial charge is 0.490 e. The van der Waals surface area contributed by atoms with Gasteiger partial charge >= 0.3 is 12.1 Å². The predicted molar refractivity (Wildman–Crippen MR) is 205 cm³/mol. The Hall–Kier alpha value is -5.45. The molecule has 1 aromatic heterocycles. The fraction of sp³-hybridized carbons (Fsp3) is 0.415. The lowest BCUT2D eigenvalue weighted by molar-refractivity contribution is -0.206. The minimum atomic E-state index is -5.01. The zero-order chi connectivity index (χ0) is 41.1. The predicted octanol–water partition coefficient (Wildman–Crippen LogP) is 3.93. The molecule has 2 amide bonds. The number of fused-ring (bicyclic) bond motifs is 1. The number of amides is 2. The van der Waals surface area contributed by atoms with Gasteiger partial charge in [0.25, 0.3) is 0 Å². The topological polar surface area (TPSA) is 182 Å². The lowest BCUT2D eigenvalue weighted by atomic mass is 10.00. The van der Waals surface area contributed by atoms with E-state index in [1.54, 1.807) is 19.2 Å². The summed E-state index contributed by atoms with van der Waals surface area (Å²) in [7, 11) is 1.58. The van der Waals surface area contributed by atoms with Crippen molar-refractivity contribution in [3.05, 3.63) is 105 Å². The SMILES string of the molecule is COc1ccc(CC(=O)NCc2ccc(CNC(=O)CCN3CCC(OC(=O)C(F)(F)F)CC3)cc2)cc1CC(C)NC[C@H](O)c1ccc(O)c2[nH]c(=O)ccc12. The second-order valence-corrected chi connectivity index (χ2v) is 14.2. The molecule has 1 saturated heterocycles. The second-order valence-electron chi connectivity index (χ2n) is 14.2. The highest BCUT2D eigenvalue weighted by Crippen LogP contribution is 2.29. The van der Waals surface area contributed by atoms with E-state index in [1.165, 1.54) is 12.1 Å². The molecule has 0 aliphatic carbocycles. The average molecular weight is 796 g/mol. The summed E-state index contributed by atoms with van der Waals surface area (Å²) >= 11 is 0. The van der Waals surface area contributed by atoms with Crippen LogP contribution in [0.25, 0.3) is 10.9 Å². The van der Waals surface area contributed by atoms with Crippen molar-refractivity contribution in [2.45, 2.75) is 76.5 Å². The Morgan fingerprint density at radius 1 is 0.930 bits per heavy atom. The molecule has 5 rings (SSSR count). The summed E-state index contributed by atoms with van der Waals surface area (Å²) in [6.07, 6.45) is -5.21. The molecule has 306 valence electrons. The number of likely N-dealkylation sites (tertiary alicyclic amines) is 1. The Kier molecular flexibility index (Phi) is 14.7. The minimum absolute atomic E-state index is 0.0784. The van der Waals surface area contributed by atoms with Gasteiger partial charge < -0.3 is 45.5 Å². The molecule has 1 aliphatic heterocycles. The van der Waals surface area contributed by atoms with Gasteiger partial charge in [-0.25, -0.2) is 4.79 Å². The van der Waals surface area contributed by atoms with Crippen LogP contribution in [0.5, 0.6) is 11.5 Å². The van der Waals surface area contributed by atoms with E-state index < -0.39 is 24.4 Å². The number of carbonyl (C=O) groups excluding carboxylic acids is 3. The first-order valence-corrected chi connectivity index (χ1v) is 18.7. The largest absolute Gasteiger partial charge is 0.506 e. The zero-order valence-electron chi connectivity index (χ0n) is 31.8. The summed E-state index contributed by atoms with van der Waals surface area (Å²) in [6.45, 7) is 4.12. The molecule has 2 atom stereocenters. The molecule has 1 unspecified atom stereocenters. The van der Waals surface area contributed by atoms with Gasteiger partial charge in [-0.15, -0.1) is 0 Å². The van der Waals surface area contributed by atoms with Gasteiger partial charge in [-0.05, 0) is 72.2 Å². The van der Waals surface area contributed by atoms with Crippen molar-refractivity contribution in [1.82, 2.24) is 25.8 Å². The number of ether oxygens (including phenoxy) is 2. The molecule has 0 spiro atoms. The first kappa shape index (κ1) is 42.7. The summed E-state index contributed by atoms with van der Waals surface area (Å²) in [5.74, 6) is -1.90. The van der Waals surface area contributed by atoms with Crippen LogP contribution >= 0.6 is 0 Å². The molecule has 57 heavy (non-hydrogen) atoms. The lowest BCUT2D eigenvalue weighted by Crippen LogP contribution is -2.41. The van der Waals surface area contributed by atoms with E-state index >= 15 is 0 Å². The summed E-state index contributed by atoms with van der Waals surface area (Å²) < 4.78 is 47.4. The number of H-pyrrole nitrogens is 1. The average Bonchev–Trinajstić information content (AvgIpc) is 3.18. The second kappa shape index (κ2) is 19.6. The molecule has 1 aliphatic rings. The number of nitrogens with one attached hydrogen (secondary N) is 4. The first-order valence-electron chi connectivity index (χ1n) is 18.7. The molecule has 13 nitrogen and oxygen atoms in total. The number of aromatic nitrogens is 1. The monoisotopic (exact) mass is 795 g/mol. The van der Waals surface area contributed by atoms with Crippen LogP contribution in [0.15, 0.2) is 71.5 Å². The van der Waals surface area contributed by atoms with E-state index in [4.69, 9.17) is 4.74 Å². The Balaban J connectivity index is 1.01. The standard InChI is InChI=1S/C41H48F3N5O8/c1-25(45-24-34(51)31-8-10-33(50)39-32(31)9-12-37(53)48-39)19-29-20-28(7-11-35(29)56-2)21-38(54)47-23-27-5-3-26(4-6-27)22-46-36(52)15-18-49-16-13-30(14-17-49)57-40(55)41(42,43)44/h3-12,20,25,30,34,45,50-51H,13-19,21-24H2,1-2H3,(H,46,52)(H,47,54)(H,48,53)/t25?,34-/m0/s1. The number of aliphatic hydroxyl groups is 1. The Morgan fingerprint density at radius 2 is 1.58 bits per heavy atom. The van der Waals surface area contributed by atoms with E-state index in [2.05, 4.69) is 25.7 Å². The van der Waals surface area contributed by atoms with E-state index in [1.807, 2.05) is 54.3 Å². The number of aliphatic hydroxyl groups excluding tert-OH is 1. The van der Waals surface area contributed by atoms with Gasteiger partial charge in [0, 0.05) is 63.2 Å². The van der Waals surface area contributed by atoms with Crippen molar-refractivity contribution in [3.63, 3.8) is 0 Å². The minimum Gasteiger partial charge on any atom is -0.506 e. The summed E-state index contributed by atoms with van der Waals surface area (Å²) in [4.78, 5) is 52.7. The van der Waals surface area contributed by atoms with Crippen LogP contribution in [0.2, 0.25) is 0 Å². The van der Waals surface area contributed by atoms with E-state index in [0.717, 1.165) is 22.3 Å². The van der Waals surface area contributed by atoms with Crippen molar-refractivity contribution in [1.29, 1.82) is 0 Å². The number of aromatic hydroxyl groups is 1. The lowest BCUT2D eigenvalue weighted by Gasteiger charge is -2.31. The normalized spacial score (nSPS) is 14.8. The van der Waals surface area contributed by atoms with Crippen molar-refractivity contribution < 1.29 is 47.2 Å². The number of aromatic amines is 1. The maximum absolute atomic E-state index is 12.9. The van der Waals surface area contributed by atoms with Gasteiger partial charge in [0.05, 0.1) is 25.2 Å². The Labute approximate surface area is 327 Å². The van der Waals surface area contributed by atoms with Crippen LogP contribution in [0.4, 0.5) is 13.2 Å². The molecule has 3 aromatic carbocycles. The highest BCUT2D eigenvalue weighted by Gasteiger charge is 2.42. The van der Waals surface area contributed by atoms with Crippen LogP contribution in [0.1, 0.15) is 60.1 Å².